The molecule has 2 fully saturated rings. The number of aromatic nitrogens is 1. The summed E-state index contributed by atoms with van der Waals surface area (Å²) in [6.45, 7) is 5.33. The Morgan fingerprint density at radius 1 is 1.33 bits per heavy atom. The molecule has 2 aromatic heterocycles. The molecule has 6 heteroatoms. The summed E-state index contributed by atoms with van der Waals surface area (Å²) in [6, 6.07) is 4.60. The van der Waals surface area contributed by atoms with Gasteiger partial charge in [0, 0.05) is 18.6 Å². The maximum absolute atomic E-state index is 13.0. The van der Waals surface area contributed by atoms with Crippen molar-refractivity contribution in [3.8, 4) is 10.8 Å². The second-order valence-corrected chi connectivity index (χ2v) is 7.58. The van der Waals surface area contributed by atoms with Gasteiger partial charge in [-0.15, -0.1) is 11.3 Å². The van der Waals surface area contributed by atoms with Gasteiger partial charge < -0.3 is 9.32 Å². The molecular weight excluding hydrogens is 322 g/mol. The van der Waals surface area contributed by atoms with Crippen LogP contribution in [0.3, 0.4) is 0 Å². The van der Waals surface area contributed by atoms with E-state index in [0.29, 0.717) is 17.0 Å². The number of hydrogen-bond acceptors (Lipinski definition) is 5. The molecule has 0 spiro atoms. The summed E-state index contributed by atoms with van der Waals surface area (Å²) in [5, 5.41) is 0.773. The molecule has 5 nitrogen and oxygen atoms in total. The lowest BCUT2D eigenvalue weighted by Gasteiger charge is -2.34. The number of nitrogens with zero attached hydrogens (tertiary/aromatic N) is 3. The van der Waals surface area contributed by atoms with Gasteiger partial charge in [-0.2, -0.15) is 0 Å². The van der Waals surface area contributed by atoms with Gasteiger partial charge in [0.05, 0.1) is 12.5 Å². The van der Waals surface area contributed by atoms with E-state index in [1.807, 2.05) is 12.1 Å². The maximum Gasteiger partial charge on any atom is 0.265 e. The second kappa shape index (κ2) is 6.69. The van der Waals surface area contributed by atoms with Crippen molar-refractivity contribution >= 4 is 17.2 Å². The first-order valence-corrected chi connectivity index (χ1v) is 9.64. The highest BCUT2D eigenvalue weighted by molar-refractivity contribution is 7.16. The highest BCUT2D eigenvalue weighted by Crippen LogP contribution is 2.33. The number of carbonyl (C=O) groups is 1. The van der Waals surface area contributed by atoms with E-state index in [0.717, 1.165) is 36.7 Å². The molecule has 4 rings (SSSR count). The number of amides is 1. The quantitative estimate of drug-likeness (QED) is 0.851. The topological polar surface area (TPSA) is 49.6 Å². The van der Waals surface area contributed by atoms with Crippen LogP contribution in [0.2, 0.25) is 0 Å². The molecule has 2 atom stereocenters. The van der Waals surface area contributed by atoms with Gasteiger partial charge in [0.2, 0.25) is 0 Å². The fraction of sp³-hybridized carbons (Fsp3) is 0.556. The standard InChI is InChI=1S/C18H23N3O2S/c1-2-20-9-3-6-13(20)14-7-4-10-21(14)18(22)16-12-19-17(24-16)15-8-5-11-23-15/h5,8,11-14H,2-4,6-7,9-10H2,1H3/t13-,14-/m1/s1. The van der Waals surface area contributed by atoms with E-state index in [4.69, 9.17) is 4.42 Å². The Labute approximate surface area is 146 Å². The summed E-state index contributed by atoms with van der Waals surface area (Å²) in [4.78, 5) is 22.8. The third-order valence-corrected chi connectivity index (χ3v) is 6.27. The number of furan rings is 1. The Balaban J connectivity index is 1.53. The highest BCUT2D eigenvalue weighted by Gasteiger charge is 2.39. The summed E-state index contributed by atoms with van der Waals surface area (Å²) in [7, 11) is 0. The molecule has 2 saturated heterocycles. The van der Waals surface area contributed by atoms with Crippen LogP contribution in [0, 0.1) is 0 Å². The lowest BCUT2D eigenvalue weighted by Crippen LogP contribution is -2.48. The molecule has 0 saturated carbocycles. The van der Waals surface area contributed by atoms with Gasteiger partial charge >= 0.3 is 0 Å². The summed E-state index contributed by atoms with van der Waals surface area (Å²) < 4.78 is 5.39. The molecule has 2 aromatic rings. The van der Waals surface area contributed by atoms with Crippen LogP contribution < -0.4 is 0 Å². The molecule has 1 amide bonds. The van der Waals surface area contributed by atoms with Crippen LogP contribution in [-0.2, 0) is 0 Å². The first-order valence-electron chi connectivity index (χ1n) is 8.82. The predicted octanol–water partition coefficient (Wildman–Crippen LogP) is 3.49. The van der Waals surface area contributed by atoms with Crippen LogP contribution >= 0.6 is 11.3 Å². The van der Waals surface area contributed by atoms with Crippen LogP contribution in [0.25, 0.3) is 10.8 Å². The van der Waals surface area contributed by atoms with Crippen LogP contribution in [-0.4, -0.2) is 52.4 Å². The monoisotopic (exact) mass is 345 g/mol. The average Bonchev–Trinajstić information content (AvgIpc) is 3.41. The zero-order valence-electron chi connectivity index (χ0n) is 14.0. The lowest BCUT2D eigenvalue weighted by molar-refractivity contribution is 0.0654. The number of likely N-dealkylation sites (tertiary alicyclic amines) is 2. The zero-order chi connectivity index (χ0) is 16.5. The molecule has 0 unspecified atom stereocenters. The van der Waals surface area contributed by atoms with Crippen molar-refractivity contribution in [2.45, 2.75) is 44.7 Å². The van der Waals surface area contributed by atoms with Gasteiger partial charge in [-0.25, -0.2) is 4.98 Å². The number of rotatable bonds is 4. The Bertz CT molecular complexity index is 697. The minimum atomic E-state index is 0.135. The molecular formula is C18H23N3O2S. The fourth-order valence-corrected chi connectivity index (χ4v) is 4.99. The third kappa shape index (κ3) is 2.78. The first kappa shape index (κ1) is 15.8. The van der Waals surface area contributed by atoms with E-state index >= 15 is 0 Å². The summed E-state index contributed by atoms with van der Waals surface area (Å²) in [6.07, 6.45) is 8.02. The molecule has 4 heterocycles. The minimum absolute atomic E-state index is 0.135. The third-order valence-electron chi connectivity index (χ3n) is 5.27. The number of hydrogen-bond donors (Lipinski definition) is 0. The molecule has 24 heavy (non-hydrogen) atoms. The molecule has 0 aromatic carbocycles. The van der Waals surface area contributed by atoms with Gasteiger partial charge in [0.15, 0.2) is 10.8 Å². The van der Waals surface area contributed by atoms with Crippen molar-refractivity contribution in [1.82, 2.24) is 14.8 Å². The van der Waals surface area contributed by atoms with Gasteiger partial charge in [0.1, 0.15) is 4.88 Å². The SMILES string of the molecule is CCN1CCC[C@@H]1[C@H]1CCCN1C(=O)c1cnc(-c2ccco2)s1. The van der Waals surface area contributed by atoms with Crippen molar-refractivity contribution in [2.75, 3.05) is 19.6 Å². The van der Waals surface area contributed by atoms with Crippen LogP contribution in [0.4, 0.5) is 0 Å². The van der Waals surface area contributed by atoms with Gasteiger partial charge in [0.25, 0.3) is 5.91 Å². The smallest absolute Gasteiger partial charge is 0.265 e. The Hall–Kier alpha value is -1.66. The van der Waals surface area contributed by atoms with Crippen molar-refractivity contribution in [3.63, 3.8) is 0 Å². The first-order chi connectivity index (χ1) is 11.8. The van der Waals surface area contributed by atoms with Crippen molar-refractivity contribution in [2.24, 2.45) is 0 Å². The van der Waals surface area contributed by atoms with E-state index < -0.39 is 0 Å². The van der Waals surface area contributed by atoms with E-state index in [1.54, 1.807) is 12.5 Å². The Morgan fingerprint density at radius 3 is 2.96 bits per heavy atom. The molecule has 0 N–H and O–H groups in total. The van der Waals surface area contributed by atoms with E-state index in [-0.39, 0.29) is 5.91 Å². The average molecular weight is 345 g/mol. The number of thiazole rings is 1. The molecule has 128 valence electrons. The Morgan fingerprint density at radius 2 is 2.17 bits per heavy atom. The molecule has 0 aliphatic carbocycles. The van der Waals surface area contributed by atoms with Crippen LogP contribution in [0.15, 0.2) is 29.0 Å². The molecule has 0 radical (unpaired) electrons. The summed E-state index contributed by atoms with van der Waals surface area (Å²) >= 11 is 1.43. The second-order valence-electron chi connectivity index (χ2n) is 6.55. The summed E-state index contributed by atoms with van der Waals surface area (Å²) in [5.41, 5.74) is 0. The Kier molecular flexibility index (Phi) is 4.41. The zero-order valence-corrected chi connectivity index (χ0v) is 14.8. The van der Waals surface area contributed by atoms with Gasteiger partial charge in [-0.1, -0.05) is 6.92 Å². The van der Waals surface area contributed by atoms with Gasteiger partial charge in [-0.05, 0) is 50.9 Å². The van der Waals surface area contributed by atoms with Crippen molar-refractivity contribution in [1.29, 1.82) is 0 Å². The van der Waals surface area contributed by atoms with E-state index in [1.165, 1.54) is 30.7 Å². The van der Waals surface area contributed by atoms with Crippen LogP contribution in [0.5, 0.6) is 0 Å². The number of carbonyl (C=O) groups excluding carboxylic acids is 1. The lowest BCUT2D eigenvalue weighted by atomic mass is 10.0. The van der Waals surface area contributed by atoms with E-state index in [9.17, 15) is 4.79 Å². The minimum Gasteiger partial charge on any atom is -0.462 e. The molecule has 0 bridgehead atoms. The van der Waals surface area contributed by atoms with Crippen LogP contribution in [0.1, 0.15) is 42.3 Å². The normalized spacial score (nSPS) is 24.8. The van der Waals surface area contributed by atoms with E-state index in [2.05, 4.69) is 21.7 Å². The largest absolute Gasteiger partial charge is 0.462 e. The van der Waals surface area contributed by atoms with Crippen molar-refractivity contribution in [3.05, 3.63) is 29.5 Å². The predicted molar refractivity (Wildman–Crippen MR) is 94.1 cm³/mol. The maximum atomic E-state index is 13.0. The fourth-order valence-electron chi connectivity index (χ4n) is 4.15. The van der Waals surface area contributed by atoms with Crippen molar-refractivity contribution < 1.29 is 9.21 Å². The molecule has 2 aliphatic heterocycles. The molecule has 2 aliphatic rings. The summed E-state index contributed by atoms with van der Waals surface area (Å²) in [5.74, 6) is 0.862. The number of likely N-dealkylation sites (N-methyl/N-ethyl adjacent to an activating group) is 1. The van der Waals surface area contributed by atoms with Gasteiger partial charge in [-0.3, -0.25) is 9.69 Å². The highest BCUT2D eigenvalue weighted by atomic mass is 32.1.